The number of imidazole rings is 1. The highest BCUT2D eigenvalue weighted by atomic mass is 32.1. The van der Waals surface area contributed by atoms with Crippen LogP contribution >= 0.6 is 11.3 Å². The summed E-state index contributed by atoms with van der Waals surface area (Å²) in [6.45, 7) is 0.340. The third kappa shape index (κ3) is 5.79. The SMILES string of the molecule is O=C(CC1(CC(=O)Nc2nccs2)CCCCC1)NCc1ncc(-c2ccccc2)[nH]1. The van der Waals surface area contributed by atoms with Gasteiger partial charge in [-0.1, -0.05) is 49.6 Å². The lowest BCUT2D eigenvalue weighted by Gasteiger charge is -2.36. The zero-order chi connectivity index (χ0) is 21.5. The number of thiazole rings is 1. The minimum Gasteiger partial charge on any atom is -0.349 e. The average Bonchev–Trinajstić information content (AvgIpc) is 3.45. The first-order chi connectivity index (χ1) is 15.1. The molecule has 162 valence electrons. The fraction of sp³-hybridized carbons (Fsp3) is 0.391. The van der Waals surface area contributed by atoms with Crippen LogP contribution in [0, 0.1) is 5.41 Å². The van der Waals surface area contributed by atoms with Crippen molar-refractivity contribution >= 4 is 28.3 Å². The Morgan fingerprint density at radius 3 is 2.55 bits per heavy atom. The van der Waals surface area contributed by atoms with Crippen molar-refractivity contribution in [3.63, 3.8) is 0 Å². The largest absolute Gasteiger partial charge is 0.349 e. The zero-order valence-corrected chi connectivity index (χ0v) is 18.2. The molecule has 1 aliphatic rings. The van der Waals surface area contributed by atoms with E-state index in [1.54, 1.807) is 12.4 Å². The van der Waals surface area contributed by atoms with Gasteiger partial charge in [-0.15, -0.1) is 11.3 Å². The van der Waals surface area contributed by atoms with Gasteiger partial charge < -0.3 is 15.6 Å². The molecule has 0 radical (unpaired) electrons. The average molecular weight is 438 g/mol. The minimum atomic E-state index is -0.290. The number of aromatic amines is 1. The van der Waals surface area contributed by atoms with Gasteiger partial charge in [-0.05, 0) is 23.8 Å². The monoisotopic (exact) mass is 437 g/mol. The molecule has 0 atom stereocenters. The lowest BCUT2D eigenvalue weighted by atomic mass is 9.69. The molecular formula is C23H27N5O2S. The predicted octanol–water partition coefficient (Wildman–Crippen LogP) is 4.52. The van der Waals surface area contributed by atoms with Crippen molar-refractivity contribution in [2.75, 3.05) is 5.32 Å². The maximum absolute atomic E-state index is 12.8. The molecule has 3 N–H and O–H groups in total. The molecule has 0 spiro atoms. The van der Waals surface area contributed by atoms with Crippen molar-refractivity contribution in [2.45, 2.75) is 51.5 Å². The molecule has 3 aromatic rings. The molecule has 1 saturated carbocycles. The lowest BCUT2D eigenvalue weighted by molar-refractivity contribution is -0.126. The molecular weight excluding hydrogens is 410 g/mol. The van der Waals surface area contributed by atoms with E-state index in [-0.39, 0.29) is 17.2 Å². The highest BCUT2D eigenvalue weighted by Crippen LogP contribution is 2.42. The number of H-pyrrole nitrogens is 1. The van der Waals surface area contributed by atoms with Crippen LogP contribution in [-0.4, -0.2) is 26.8 Å². The Hall–Kier alpha value is -3.00. The van der Waals surface area contributed by atoms with E-state index >= 15 is 0 Å². The Morgan fingerprint density at radius 2 is 1.81 bits per heavy atom. The highest BCUT2D eigenvalue weighted by molar-refractivity contribution is 7.13. The Bertz CT molecular complexity index is 994. The van der Waals surface area contributed by atoms with Crippen molar-refractivity contribution in [1.82, 2.24) is 20.3 Å². The third-order valence-electron chi connectivity index (χ3n) is 5.83. The first kappa shape index (κ1) is 21.2. The third-order valence-corrected chi connectivity index (χ3v) is 6.52. The first-order valence-corrected chi connectivity index (χ1v) is 11.6. The zero-order valence-electron chi connectivity index (χ0n) is 17.4. The van der Waals surface area contributed by atoms with E-state index in [9.17, 15) is 9.59 Å². The predicted molar refractivity (Wildman–Crippen MR) is 121 cm³/mol. The van der Waals surface area contributed by atoms with Crippen LogP contribution in [0.1, 0.15) is 50.8 Å². The van der Waals surface area contributed by atoms with Crippen molar-refractivity contribution in [3.05, 3.63) is 53.9 Å². The molecule has 2 heterocycles. The van der Waals surface area contributed by atoms with Gasteiger partial charge in [0.05, 0.1) is 18.4 Å². The summed E-state index contributed by atoms with van der Waals surface area (Å²) in [7, 11) is 0. The van der Waals surface area contributed by atoms with Crippen molar-refractivity contribution < 1.29 is 9.59 Å². The molecule has 8 heteroatoms. The number of nitrogens with zero attached hydrogens (tertiary/aromatic N) is 2. The number of carbonyl (C=O) groups is 2. The standard InChI is InChI=1S/C23H27N5O2S/c29-20(26-16-19-25-15-18(27-19)17-7-3-1-4-8-17)13-23(9-5-2-6-10-23)14-21(30)28-22-24-11-12-31-22/h1,3-4,7-8,11-12,15H,2,5-6,9-10,13-14,16H2,(H,25,27)(H,26,29)(H,24,28,30). The second kappa shape index (κ2) is 9.87. The van der Waals surface area contributed by atoms with Gasteiger partial charge in [-0.2, -0.15) is 0 Å². The van der Waals surface area contributed by atoms with E-state index < -0.39 is 0 Å². The van der Waals surface area contributed by atoms with Crippen molar-refractivity contribution in [3.8, 4) is 11.3 Å². The Balaban J connectivity index is 1.33. The van der Waals surface area contributed by atoms with E-state index in [0.29, 0.717) is 30.3 Å². The number of hydrogen-bond donors (Lipinski definition) is 3. The Kier molecular flexibility index (Phi) is 6.76. The fourth-order valence-electron chi connectivity index (χ4n) is 4.31. The molecule has 4 rings (SSSR count). The number of anilines is 1. The number of benzene rings is 1. The summed E-state index contributed by atoms with van der Waals surface area (Å²) >= 11 is 1.40. The topological polar surface area (TPSA) is 99.8 Å². The molecule has 1 aromatic carbocycles. The number of hydrogen-bond acceptors (Lipinski definition) is 5. The van der Waals surface area contributed by atoms with Gasteiger partial charge in [0.25, 0.3) is 0 Å². The number of carbonyl (C=O) groups excluding carboxylic acids is 2. The van der Waals surface area contributed by atoms with Gasteiger partial charge in [-0.25, -0.2) is 9.97 Å². The summed E-state index contributed by atoms with van der Waals surface area (Å²) < 4.78 is 0. The summed E-state index contributed by atoms with van der Waals surface area (Å²) in [6, 6.07) is 9.95. The molecule has 2 aromatic heterocycles. The quantitative estimate of drug-likeness (QED) is 0.482. The summed E-state index contributed by atoms with van der Waals surface area (Å²) in [5.74, 6) is 0.608. The van der Waals surface area contributed by atoms with Crippen LogP contribution < -0.4 is 10.6 Å². The van der Waals surface area contributed by atoms with Crippen LogP contribution in [-0.2, 0) is 16.1 Å². The molecule has 1 fully saturated rings. The van der Waals surface area contributed by atoms with Crippen molar-refractivity contribution in [2.24, 2.45) is 5.41 Å². The highest BCUT2D eigenvalue weighted by Gasteiger charge is 2.36. The summed E-state index contributed by atoms with van der Waals surface area (Å²) in [6.07, 6.45) is 9.20. The summed E-state index contributed by atoms with van der Waals surface area (Å²) in [5.41, 5.74) is 1.69. The lowest BCUT2D eigenvalue weighted by Crippen LogP contribution is -2.36. The molecule has 31 heavy (non-hydrogen) atoms. The smallest absolute Gasteiger partial charge is 0.226 e. The molecule has 0 unspecified atom stereocenters. The molecule has 0 aliphatic heterocycles. The number of aromatic nitrogens is 3. The maximum atomic E-state index is 12.8. The Labute approximate surface area is 185 Å². The van der Waals surface area contributed by atoms with E-state index in [2.05, 4.69) is 25.6 Å². The van der Waals surface area contributed by atoms with Crippen LogP contribution in [0.4, 0.5) is 5.13 Å². The molecule has 2 amide bonds. The first-order valence-electron chi connectivity index (χ1n) is 10.7. The van der Waals surface area contributed by atoms with Gasteiger partial charge in [0, 0.05) is 24.4 Å². The molecule has 7 nitrogen and oxygen atoms in total. The number of amides is 2. The normalized spacial score (nSPS) is 15.4. The van der Waals surface area contributed by atoms with Crippen LogP contribution in [0.5, 0.6) is 0 Å². The van der Waals surface area contributed by atoms with E-state index in [1.807, 2.05) is 35.7 Å². The maximum Gasteiger partial charge on any atom is 0.226 e. The molecule has 1 aliphatic carbocycles. The van der Waals surface area contributed by atoms with E-state index in [0.717, 1.165) is 43.4 Å². The summed E-state index contributed by atoms with van der Waals surface area (Å²) in [4.78, 5) is 37.1. The van der Waals surface area contributed by atoms with E-state index in [4.69, 9.17) is 0 Å². The molecule has 0 saturated heterocycles. The Morgan fingerprint density at radius 1 is 1.03 bits per heavy atom. The van der Waals surface area contributed by atoms with Crippen LogP contribution in [0.3, 0.4) is 0 Å². The van der Waals surface area contributed by atoms with Gasteiger partial charge in [-0.3, -0.25) is 9.59 Å². The molecule has 0 bridgehead atoms. The van der Waals surface area contributed by atoms with Gasteiger partial charge >= 0.3 is 0 Å². The number of nitrogens with one attached hydrogen (secondary N) is 3. The fourth-order valence-corrected chi connectivity index (χ4v) is 4.85. The van der Waals surface area contributed by atoms with E-state index in [1.165, 1.54) is 11.3 Å². The second-order valence-corrected chi connectivity index (χ2v) is 9.08. The summed E-state index contributed by atoms with van der Waals surface area (Å²) in [5, 5.41) is 8.28. The van der Waals surface area contributed by atoms with Gasteiger partial charge in [0.2, 0.25) is 11.8 Å². The minimum absolute atomic E-state index is 0.0402. The van der Waals surface area contributed by atoms with Crippen molar-refractivity contribution in [1.29, 1.82) is 0 Å². The van der Waals surface area contributed by atoms with Gasteiger partial charge in [0.1, 0.15) is 5.82 Å². The van der Waals surface area contributed by atoms with Crippen LogP contribution in [0.15, 0.2) is 48.1 Å². The second-order valence-electron chi connectivity index (χ2n) is 8.19. The van der Waals surface area contributed by atoms with Gasteiger partial charge in [0.15, 0.2) is 5.13 Å². The van der Waals surface area contributed by atoms with Crippen LogP contribution in [0.2, 0.25) is 0 Å². The number of rotatable bonds is 8. The van der Waals surface area contributed by atoms with Crippen LogP contribution in [0.25, 0.3) is 11.3 Å².